The Bertz CT molecular complexity index is 643. The Morgan fingerprint density at radius 1 is 1.21 bits per heavy atom. The number of nitrogens with two attached hydrogens (primary N) is 1. The second kappa shape index (κ2) is 5.40. The van der Waals surface area contributed by atoms with Crippen LogP contribution in [0.15, 0.2) is 40.9 Å². The van der Waals surface area contributed by atoms with E-state index < -0.39 is 11.7 Å². The Balaban J connectivity index is 2.40. The summed E-state index contributed by atoms with van der Waals surface area (Å²) in [6, 6.07) is 9.15. The minimum Gasteiger partial charge on any atom is -0.455 e. The Labute approximate surface area is 118 Å². The molecule has 0 spiro atoms. The van der Waals surface area contributed by atoms with Crippen LogP contribution in [-0.2, 0) is 0 Å². The van der Waals surface area contributed by atoms with E-state index in [0.717, 1.165) is 16.1 Å². The normalized spacial score (nSPS) is 10.3. The number of ether oxygens (including phenoxy) is 1. The minimum absolute atomic E-state index is 0.00692. The summed E-state index contributed by atoms with van der Waals surface area (Å²) >= 11 is 3.37. The van der Waals surface area contributed by atoms with Crippen LogP contribution in [0.25, 0.3) is 0 Å². The number of hydrogen-bond acceptors (Lipinski definition) is 2. The number of halogens is 2. The van der Waals surface area contributed by atoms with Crippen LogP contribution < -0.4 is 10.5 Å². The topological polar surface area (TPSA) is 52.3 Å². The zero-order valence-corrected chi connectivity index (χ0v) is 11.7. The molecule has 0 aliphatic rings. The van der Waals surface area contributed by atoms with E-state index >= 15 is 0 Å². The van der Waals surface area contributed by atoms with Crippen LogP contribution in [0.4, 0.5) is 4.39 Å². The number of amides is 1. The first-order valence-corrected chi connectivity index (χ1v) is 6.30. The van der Waals surface area contributed by atoms with Gasteiger partial charge in [0.15, 0.2) is 0 Å². The summed E-state index contributed by atoms with van der Waals surface area (Å²) in [5.41, 5.74) is 6.27. The third-order valence-corrected chi connectivity index (χ3v) is 3.13. The molecule has 1 amide bonds. The molecule has 0 aromatic heterocycles. The highest BCUT2D eigenvalue weighted by Gasteiger charge is 2.13. The van der Waals surface area contributed by atoms with Gasteiger partial charge in [-0.2, -0.15) is 0 Å². The molecule has 2 aromatic carbocycles. The van der Waals surface area contributed by atoms with E-state index in [9.17, 15) is 9.18 Å². The van der Waals surface area contributed by atoms with Gasteiger partial charge in [-0.25, -0.2) is 4.39 Å². The lowest BCUT2D eigenvalue weighted by Gasteiger charge is -2.11. The van der Waals surface area contributed by atoms with Crippen molar-refractivity contribution in [2.45, 2.75) is 6.92 Å². The number of aryl methyl sites for hydroxylation is 1. The maximum absolute atomic E-state index is 13.1. The van der Waals surface area contributed by atoms with Crippen molar-refractivity contribution in [2.75, 3.05) is 0 Å². The largest absolute Gasteiger partial charge is 0.455 e. The van der Waals surface area contributed by atoms with E-state index in [-0.39, 0.29) is 11.3 Å². The lowest BCUT2D eigenvalue weighted by atomic mass is 10.2. The second-order valence-electron chi connectivity index (χ2n) is 4.04. The molecule has 5 heteroatoms. The standard InChI is InChI=1S/C14H11BrFNO2/c1-8-2-4-13(11(15)6-8)19-12-5-3-9(16)7-10(12)14(17)18/h2-7H,1H3,(H2,17,18). The van der Waals surface area contributed by atoms with Gasteiger partial charge in [-0.1, -0.05) is 6.07 Å². The first-order valence-electron chi connectivity index (χ1n) is 5.51. The van der Waals surface area contributed by atoms with E-state index in [4.69, 9.17) is 10.5 Å². The Hall–Kier alpha value is -1.88. The summed E-state index contributed by atoms with van der Waals surface area (Å²) in [5, 5.41) is 0. The van der Waals surface area contributed by atoms with Crippen molar-refractivity contribution in [3.63, 3.8) is 0 Å². The highest BCUT2D eigenvalue weighted by Crippen LogP contribution is 2.32. The molecule has 0 atom stereocenters. The molecule has 0 radical (unpaired) electrons. The number of carbonyl (C=O) groups is 1. The molecule has 0 aliphatic carbocycles. The molecule has 0 aliphatic heterocycles. The molecule has 2 rings (SSSR count). The van der Waals surface area contributed by atoms with Crippen molar-refractivity contribution in [3.05, 3.63) is 57.8 Å². The summed E-state index contributed by atoms with van der Waals surface area (Å²) in [6.45, 7) is 1.95. The number of carbonyl (C=O) groups excluding carboxylic acids is 1. The summed E-state index contributed by atoms with van der Waals surface area (Å²) in [5.74, 6) is -0.528. The fourth-order valence-electron chi connectivity index (χ4n) is 1.59. The quantitative estimate of drug-likeness (QED) is 0.934. The number of primary amides is 1. The van der Waals surface area contributed by atoms with Crippen molar-refractivity contribution in [1.82, 2.24) is 0 Å². The fraction of sp³-hybridized carbons (Fsp3) is 0.0714. The second-order valence-corrected chi connectivity index (χ2v) is 4.90. The van der Waals surface area contributed by atoms with E-state index in [2.05, 4.69) is 15.9 Å². The zero-order valence-electron chi connectivity index (χ0n) is 10.1. The van der Waals surface area contributed by atoms with E-state index in [1.807, 2.05) is 19.1 Å². The zero-order chi connectivity index (χ0) is 14.0. The van der Waals surface area contributed by atoms with Gasteiger partial charge >= 0.3 is 0 Å². The van der Waals surface area contributed by atoms with Crippen LogP contribution >= 0.6 is 15.9 Å². The molecule has 0 bridgehead atoms. The predicted octanol–water partition coefficient (Wildman–Crippen LogP) is 3.79. The third kappa shape index (κ3) is 3.12. The Morgan fingerprint density at radius 2 is 1.89 bits per heavy atom. The van der Waals surface area contributed by atoms with Gasteiger partial charge in [0, 0.05) is 0 Å². The number of rotatable bonds is 3. The molecular weight excluding hydrogens is 313 g/mol. The fourth-order valence-corrected chi connectivity index (χ4v) is 2.17. The predicted molar refractivity (Wildman–Crippen MR) is 73.9 cm³/mol. The van der Waals surface area contributed by atoms with Crippen LogP contribution in [0.1, 0.15) is 15.9 Å². The Morgan fingerprint density at radius 3 is 2.53 bits per heavy atom. The number of benzene rings is 2. The van der Waals surface area contributed by atoms with Crippen molar-refractivity contribution in [3.8, 4) is 11.5 Å². The van der Waals surface area contributed by atoms with E-state index in [1.54, 1.807) is 6.07 Å². The van der Waals surface area contributed by atoms with Crippen LogP contribution in [0, 0.1) is 12.7 Å². The van der Waals surface area contributed by atoms with E-state index in [1.165, 1.54) is 12.1 Å². The lowest BCUT2D eigenvalue weighted by Crippen LogP contribution is -2.12. The smallest absolute Gasteiger partial charge is 0.252 e. The monoisotopic (exact) mass is 323 g/mol. The minimum atomic E-state index is -0.738. The third-order valence-electron chi connectivity index (χ3n) is 2.51. The van der Waals surface area contributed by atoms with Crippen LogP contribution in [-0.4, -0.2) is 5.91 Å². The van der Waals surface area contributed by atoms with Gasteiger partial charge in [-0.3, -0.25) is 4.79 Å². The first-order chi connectivity index (χ1) is 8.97. The van der Waals surface area contributed by atoms with E-state index in [0.29, 0.717) is 5.75 Å². The maximum atomic E-state index is 13.1. The molecule has 98 valence electrons. The van der Waals surface area contributed by atoms with Gasteiger partial charge in [-0.15, -0.1) is 0 Å². The molecule has 2 N–H and O–H groups in total. The molecule has 0 saturated carbocycles. The van der Waals surface area contributed by atoms with Crippen molar-refractivity contribution >= 4 is 21.8 Å². The van der Waals surface area contributed by atoms with Crippen LogP contribution in [0.5, 0.6) is 11.5 Å². The SMILES string of the molecule is Cc1ccc(Oc2ccc(F)cc2C(N)=O)c(Br)c1. The average molecular weight is 324 g/mol. The summed E-state index contributed by atoms with van der Waals surface area (Å²) in [4.78, 5) is 11.3. The maximum Gasteiger partial charge on any atom is 0.252 e. The first kappa shape index (κ1) is 13.5. The van der Waals surface area contributed by atoms with Gasteiger partial charge in [0.25, 0.3) is 5.91 Å². The van der Waals surface area contributed by atoms with Crippen LogP contribution in [0.2, 0.25) is 0 Å². The molecule has 2 aromatic rings. The molecule has 3 nitrogen and oxygen atoms in total. The van der Waals surface area contributed by atoms with Gasteiger partial charge in [0.2, 0.25) is 0 Å². The van der Waals surface area contributed by atoms with Gasteiger partial charge in [-0.05, 0) is 58.7 Å². The molecular formula is C14H11BrFNO2. The average Bonchev–Trinajstić information content (AvgIpc) is 2.34. The molecule has 19 heavy (non-hydrogen) atoms. The molecule has 0 saturated heterocycles. The summed E-state index contributed by atoms with van der Waals surface area (Å²) in [6.07, 6.45) is 0. The Kier molecular flexibility index (Phi) is 3.85. The summed E-state index contributed by atoms with van der Waals surface area (Å²) in [7, 11) is 0. The highest BCUT2D eigenvalue weighted by atomic mass is 79.9. The van der Waals surface area contributed by atoms with Gasteiger partial charge < -0.3 is 10.5 Å². The number of hydrogen-bond donors (Lipinski definition) is 1. The van der Waals surface area contributed by atoms with Crippen LogP contribution in [0.3, 0.4) is 0 Å². The molecule has 0 fully saturated rings. The van der Waals surface area contributed by atoms with Gasteiger partial charge in [0.05, 0.1) is 10.0 Å². The van der Waals surface area contributed by atoms with Crippen molar-refractivity contribution < 1.29 is 13.9 Å². The van der Waals surface area contributed by atoms with Crippen molar-refractivity contribution in [1.29, 1.82) is 0 Å². The molecule has 0 unspecified atom stereocenters. The highest BCUT2D eigenvalue weighted by molar-refractivity contribution is 9.10. The van der Waals surface area contributed by atoms with Crippen molar-refractivity contribution in [2.24, 2.45) is 5.73 Å². The van der Waals surface area contributed by atoms with Gasteiger partial charge in [0.1, 0.15) is 17.3 Å². The molecule has 0 heterocycles. The lowest BCUT2D eigenvalue weighted by molar-refractivity contribution is 0.0997. The summed E-state index contributed by atoms with van der Waals surface area (Å²) < 4.78 is 19.4.